The molecule has 0 aromatic heterocycles. The number of hydrogen-bond acceptors (Lipinski definition) is 4. The number of amides is 2. The molecule has 1 aliphatic rings. The predicted molar refractivity (Wildman–Crippen MR) is 98.7 cm³/mol. The Bertz CT molecular complexity index is 630. The van der Waals surface area contributed by atoms with Crippen molar-refractivity contribution in [3.8, 4) is 0 Å². The fraction of sp³-hybridized carbons (Fsp3) is 0.550. The van der Waals surface area contributed by atoms with E-state index in [1.54, 1.807) is 24.3 Å². The zero-order valence-electron chi connectivity index (χ0n) is 15.7. The summed E-state index contributed by atoms with van der Waals surface area (Å²) in [5, 5.41) is 5.59. The standard InChI is InChI=1S/C20H28N2O4/c1-4-17-18(16(23)12-26-17)22-20(25)15(11-10-13(2)3)21-19(24)14-8-6-5-7-9-14/h5-9,13,15,17-18H,4,10-12H2,1-3H3,(H,21,24)(H,22,25). The third-order valence-electron chi connectivity index (χ3n) is 4.55. The van der Waals surface area contributed by atoms with Gasteiger partial charge in [-0.05, 0) is 37.3 Å². The molecule has 2 amide bonds. The molecule has 0 saturated carbocycles. The first-order valence-corrected chi connectivity index (χ1v) is 9.23. The first kappa shape index (κ1) is 20.1. The normalized spacial score (nSPS) is 20.8. The Hall–Kier alpha value is -2.21. The highest BCUT2D eigenvalue weighted by atomic mass is 16.5. The molecule has 0 spiro atoms. The predicted octanol–water partition coefficient (Wildman–Crippen LogP) is 2.08. The third kappa shape index (κ3) is 5.39. The van der Waals surface area contributed by atoms with Crippen LogP contribution < -0.4 is 10.6 Å². The number of nitrogens with one attached hydrogen (secondary N) is 2. The van der Waals surface area contributed by atoms with Gasteiger partial charge >= 0.3 is 0 Å². The molecule has 142 valence electrons. The Kier molecular flexibility index (Phi) is 7.33. The number of Topliss-reactive ketones (excluding diaryl/α,β-unsaturated/α-hetero) is 1. The van der Waals surface area contributed by atoms with Gasteiger partial charge in [-0.15, -0.1) is 0 Å². The van der Waals surface area contributed by atoms with Gasteiger partial charge in [0.05, 0.1) is 6.10 Å². The second-order valence-corrected chi connectivity index (χ2v) is 7.07. The van der Waals surface area contributed by atoms with Gasteiger partial charge < -0.3 is 15.4 Å². The minimum absolute atomic E-state index is 0.0243. The molecule has 3 unspecified atom stereocenters. The monoisotopic (exact) mass is 360 g/mol. The van der Waals surface area contributed by atoms with Gasteiger partial charge in [0.1, 0.15) is 18.7 Å². The molecule has 1 aromatic rings. The van der Waals surface area contributed by atoms with Gasteiger partial charge in [-0.2, -0.15) is 0 Å². The van der Waals surface area contributed by atoms with Crippen molar-refractivity contribution in [3.05, 3.63) is 35.9 Å². The van der Waals surface area contributed by atoms with E-state index in [4.69, 9.17) is 4.74 Å². The fourth-order valence-corrected chi connectivity index (χ4v) is 2.96. The minimum Gasteiger partial charge on any atom is -0.368 e. The SMILES string of the molecule is CCC1OCC(=O)C1NC(=O)C(CCC(C)C)NC(=O)c1ccccc1. The molecule has 1 fully saturated rings. The van der Waals surface area contributed by atoms with E-state index in [-0.39, 0.29) is 30.3 Å². The maximum absolute atomic E-state index is 12.8. The maximum atomic E-state index is 12.8. The maximum Gasteiger partial charge on any atom is 0.251 e. The lowest BCUT2D eigenvalue weighted by Crippen LogP contribution is -2.53. The lowest BCUT2D eigenvalue weighted by Gasteiger charge is -2.23. The second-order valence-electron chi connectivity index (χ2n) is 7.07. The van der Waals surface area contributed by atoms with Crippen LogP contribution in [0.2, 0.25) is 0 Å². The molecule has 6 heteroatoms. The molecule has 6 nitrogen and oxygen atoms in total. The molecule has 26 heavy (non-hydrogen) atoms. The van der Waals surface area contributed by atoms with Crippen LogP contribution in [0.15, 0.2) is 30.3 Å². The second kappa shape index (κ2) is 9.48. The Balaban J connectivity index is 2.06. The summed E-state index contributed by atoms with van der Waals surface area (Å²) < 4.78 is 5.40. The van der Waals surface area contributed by atoms with E-state index in [9.17, 15) is 14.4 Å². The molecular weight excluding hydrogens is 332 g/mol. The number of rotatable bonds is 8. The number of ketones is 1. The zero-order chi connectivity index (χ0) is 19.1. The molecule has 3 atom stereocenters. The minimum atomic E-state index is -0.684. The fourth-order valence-electron chi connectivity index (χ4n) is 2.96. The summed E-state index contributed by atoms with van der Waals surface area (Å²) in [6.07, 6.45) is 1.64. The molecule has 2 rings (SSSR count). The van der Waals surface area contributed by atoms with Gasteiger partial charge in [-0.1, -0.05) is 39.0 Å². The van der Waals surface area contributed by atoms with Crippen LogP contribution in [0, 0.1) is 5.92 Å². The van der Waals surface area contributed by atoms with E-state index in [2.05, 4.69) is 24.5 Å². The summed E-state index contributed by atoms with van der Waals surface area (Å²) in [7, 11) is 0. The number of carbonyl (C=O) groups is 3. The van der Waals surface area contributed by atoms with Gasteiger partial charge in [0.15, 0.2) is 5.78 Å². The van der Waals surface area contributed by atoms with Crippen LogP contribution in [-0.2, 0) is 14.3 Å². The summed E-state index contributed by atoms with van der Waals surface area (Å²) in [5.41, 5.74) is 0.501. The van der Waals surface area contributed by atoms with Gasteiger partial charge in [0.25, 0.3) is 5.91 Å². The topological polar surface area (TPSA) is 84.5 Å². The molecule has 0 bridgehead atoms. The lowest BCUT2D eigenvalue weighted by molar-refractivity contribution is -0.127. The van der Waals surface area contributed by atoms with Crippen molar-refractivity contribution in [1.29, 1.82) is 0 Å². The van der Waals surface area contributed by atoms with E-state index in [1.165, 1.54) is 0 Å². The lowest BCUT2D eigenvalue weighted by atomic mass is 10.0. The van der Waals surface area contributed by atoms with Crippen LogP contribution in [0.25, 0.3) is 0 Å². The van der Waals surface area contributed by atoms with Crippen LogP contribution in [0.5, 0.6) is 0 Å². The molecule has 0 radical (unpaired) electrons. The van der Waals surface area contributed by atoms with Crippen molar-refractivity contribution in [2.24, 2.45) is 5.92 Å². The van der Waals surface area contributed by atoms with Gasteiger partial charge in [0, 0.05) is 5.56 Å². The van der Waals surface area contributed by atoms with Gasteiger partial charge in [0.2, 0.25) is 5.91 Å². The first-order chi connectivity index (χ1) is 12.4. The Labute approximate surface area is 154 Å². The molecule has 0 aliphatic carbocycles. The van der Waals surface area contributed by atoms with Gasteiger partial charge in [-0.3, -0.25) is 14.4 Å². The summed E-state index contributed by atoms with van der Waals surface area (Å²) in [5.74, 6) is -0.353. The summed E-state index contributed by atoms with van der Waals surface area (Å²) in [6.45, 7) is 6.07. The summed E-state index contributed by atoms with van der Waals surface area (Å²) in [4.78, 5) is 37.2. The Morgan fingerprint density at radius 1 is 1.19 bits per heavy atom. The van der Waals surface area contributed by atoms with Crippen LogP contribution >= 0.6 is 0 Å². The molecular formula is C20H28N2O4. The van der Waals surface area contributed by atoms with E-state index >= 15 is 0 Å². The summed E-state index contributed by atoms with van der Waals surface area (Å²) in [6, 6.07) is 7.47. The van der Waals surface area contributed by atoms with Crippen LogP contribution in [0.4, 0.5) is 0 Å². The number of benzene rings is 1. The smallest absolute Gasteiger partial charge is 0.251 e. The van der Waals surface area contributed by atoms with Crippen molar-refractivity contribution in [2.75, 3.05) is 6.61 Å². The highest BCUT2D eigenvalue weighted by Crippen LogP contribution is 2.15. The van der Waals surface area contributed by atoms with E-state index in [0.29, 0.717) is 24.3 Å². The number of hydrogen-bond donors (Lipinski definition) is 2. The average Bonchev–Trinajstić information content (AvgIpc) is 2.98. The van der Waals surface area contributed by atoms with Crippen molar-refractivity contribution in [2.45, 2.75) is 58.2 Å². The third-order valence-corrected chi connectivity index (χ3v) is 4.55. The summed E-state index contributed by atoms with van der Waals surface area (Å²) >= 11 is 0. The quantitative estimate of drug-likeness (QED) is 0.743. The largest absolute Gasteiger partial charge is 0.368 e. The van der Waals surface area contributed by atoms with Gasteiger partial charge in [-0.25, -0.2) is 0 Å². The van der Waals surface area contributed by atoms with Crippen LogP contribution in [-0.4, -0.2) is 42.4 Å². The Morgan fingerprint density at radius 2 is 1.88 bits per heavy atom. The molecule has 1 aliphatic heterocycles. The van der Waals surface area contributed by atoms with Crippen molar-refractivity contribution in [3.63, 3.8) is 0 Å². The molecule has 1 heterocycles. The van der Waals surface area contributed by atoms with Crippen LogP contribution in [0.3, 0.4) is 0 Å². The molecule has 2 N–H and O–H groups in total. The molecule has 1 aromatic carbocycles. The van der Waals surface area contributed by atoms with E-state index in [0.717, 1.165) is 6.42 Å². The zero-order valence-corrected chi connectivity index (χ0v) is 15.7. The number of carbonyl (C=O) groups excluding carboxylic acids is 3. The van der Waals surface area contributed by atoms with Crippen LogP contribution in [0.1, 0.15) is 50.4 Å². The Morgan fingerprint density at radius 3 is 2.50 bits per heavy atom. The van der Waals surface area contributed by atoms with Crippen molar-refractivity contribution in [1.82, 2.24) is 10.6 Å². The first-order valence-electron chi connectivity index (χ1n) is 9.23. The molecule has 1 saturated heterocycles. The van der Waals surface area contributed by atoms with Crippen molar-refractivity contribution < 1.29 is 19.1 Å². The van der Waals surface area contributed by atoms with E-state index in [1.807, 2.05) is 13.0 Å². The van der Waals surface area contributed by atoms with E-state index < -0.39 is 12.1 Å². The van der Waals surface area contributed by atoms with Crippen molar-refractivity contribution >= 4 is 17.6 Å². The average molecular weight is 360 g/mol. The highest BCUT2D eigenvalue weighted by Gasteiger charge is 2.37. The highest BCUT2D eigenvalue weighted by molar-refractivity contribution is 5.98. The number of ether oxygens (including phenoxy) is 1.